The maximum absolute atomic E-state index is 6.07. The Morgan fingerprint density at radius 1 is 0.478 bits per heavy atom. The Hall–Kier alpha value is -5.48. The second kappa shape index (κ2) is 14.5. The van der Waals surface area contributed by atoms with Gasteiger partial charge in [-0.3, -0.25) is 4.98 Å². The fourth-order valence-corrected chi connectivity index (χ4v) is 5.18. The van der Waals surface area contributed by atoms with E-state index in [0.717, 1.165) is 67.2 Å². The molecule has 0 spiro atoms. The maximum Gasteiger partial charge on any atom is 0.153 e. The van der Waals surface area contributed by atoms with E-state index < -0.39 is 0 Å². The Morgan fingerprint density at radius 2 is 1.13 bits per heavy atom. The van der Waals surface area contributed by atoms with Gasteiger partial charge in [-0.1, -0.05) is 83.4 Å². The first-order chi connectivity index (χ1) is 22.3. The Bertz CT molecular complexity index is 2100. The second-order valence-corrected chi connectivity index (χ2v) is 10.3. The molecule has 0 unspecified atom stereocenters. The standard InChI is InChI=1S/C30H19N2O.C11H8N.Ir/c1-2-8-21(9-3-1)25-14-12-23(27-10-4-6-16-31-27)19-26(25)22-13-15-29-24(18-22)20-30(33-29)28-11-5-7-17-32-28;1-2-6-10(7-3-1)11-8-4-5-9-12-11;/h1-11,13-20H;1-6,8-9H;/q2*-1;. The van der Waals surface area contributed by atoms with Gasteiger partial charge in [-0.05, 0) is 59.4 Å². The Kier molecular flexibility index (Phi) is 9.65. The second-order valence-electron chi connectivity index (χ2n) is 10.3. The molecule has 0 amide bonds. The van der Waals surface area contributed by atoms with Crippen molar-refractivity contribution in [2.24, 2.45) is 0 Å². The number of rotatable bonds is 5. The minimum atomic E-state index is 0. The van der Waals surface area contributed by atoms with E-state index in [0.29, 0.717) is 0 Å². The summed E-state index contributed by atoms with van der Waals surface area (Å²) in [4.78, 5) is 13.2. The van der Waals surface area contributed by atoms with Crippen molar-refractivity contribution < 1.29 is 24.5 Å². The summed E-state index contributed by atoms with van der Waals surface area (Å²) in [6, 6.07) is 55.0. The van der Waals surface area contributed by atoms with Crippen LogP contribution in [0.2, 0.25) is 0 Å². The Balaban J connectivity index is 0.000000241. The van der Waals surface area contributed by atoms with Gasteiger partial charge in [0.25, 0.3) is 0 Å². The molecule has 4 aromatic heterocycles. The summed E-state index contributed by atoms with van der Waals surface area (Å²) in [5.41, 5.74) is 10.1. The van der Waals surface area contributed by atoms with Crippen LogP contribution in [0.25, 0.3) is 67.2 Å². The van der Waals surface area contributed by atoms with Crippen molar-refractivity contribution in [3.8, 4) is 56.2 Å². The van der Waals surface area contributed by atoms with Crippen molar-refractivity contribution in [3.63, 3.8) is 0 Å². The predicted octanol–water partition coefficient (Wildman–Crippen LogP) is 10.2. The smallest absolute Gasteiger partial charge is 0.153 e. The molecule has 0 atom stereocenters. The summed E-state index contributed by atoms with van der Waals surface area (Å²) >= 11 is 0. The molecule has 0 fully saturated rings. The Labute approximate surface area is 281 Å². The number of furan rings is 1. The molecule has 46 heavy (non-hydrogen) atoms. The topological polar surface area (TPSA) is 51.8 Å². The van der Waals surface area contributed by atoms with Crippen LogP contribution in [0.1, 0.15) is 0 Å². The van der Waals surface area contributed by atoms with E-state index in [1.165, 1.54) is 0 Å². The number of hydrogen-bond donors (Lipinski definition) is 0. The van der Waals surface area contributed by atoms with Gasteiger partial charge in [0.1, 0.15) is 11.3 Å². The van der Waals surface area contributed by atoms with Crippen LogP contribution in [0.5, 0.6) is 0 Å². The number of benzene rings is 4. The van der Waals surface area contributed by atoms with E-state index in [2.05, 4.69) is 81.7 Å². The SMILES string of the molecule is [Ir].[c-]1cc(-c2ccccc2)c(-c2ccc3oc(-c4ccccn4)cc3c2)cc1-c1ccccn1.[c-]1ccccc1-c1ccccn1. The first-order valence-corrected chi connectivity index (χ1v) is 14.7. The molecule has 8 rings (SSSR count). The summed E-state index contributed by atoms with van der Waals surface area (Å²) in [6.45, 7) is 0. The third-order valence-electron chi connectivity index (χ3n) is 7.37. The number of aromatic nitrogens is 3. The van der Waals surface area contributed by atoms with E-state index in [4.69, 9.17) is 4.42 Å². The molecule has 5 heteroatoms. The molecule has 1 radical (unpaired) electrons. The van der Waals surface area contributed by atoms with Crippen molar-refractivity contribution >= 4 is 11.0 Å². The molecule has 4 heterocycles. The average Bonchev–Trinajstić information content (AvgIpc) is 3.57. The van der Waals surface area contributed by atoms with Gasteiger partial charge < -0.3 is 14.4 Å². The van der Waals surface area contributed by atoms with Crippen LogP contribution >= 0.6 is 0 Å². The molecule has 0 saturated carbocycles. The van der Waals surface area contributed by atoms with Crippen LogP contribution in [0, 0.1) is 12.1 Å². The van der Waals surface area contributed by atoms with Crippen molar-refractivity contribution in [2.75, 3.05) is 0 Å². The van der Waals surface area contributed by atoms with Crippen molar-refractivity contribution in [3.05, 3.63) is 176 Å². The molecule has 8 aromatic rings. The third kappa shape index (κ3) is 6.92. The van der Waals surface area contributed by atoms with Gasteiger partial charge >= 0.3 is 0 Å². The van der Waals surface area contributed by atoms with Crippen LogP contribution in [0.3, 0.4) is 0 Å². The monoisotopic (exact) mass is 770 g/mol. The molecule has 0 bridgehead atoms. The summed E-state index contributed by atoms with van der Waals surface area (Å²) in [7, 11) is 0. The quantitative estimate of drug-likeness (QED) is 0.164. The van der Waals surface area contributed by atoms with Gasteiger partial charge in [-0.15, -0.1) is 59.7 Å². The van der Waals surface area contributed by atoms with Gasteiger partial charge in [0, 0.05) is 44.1 Å². The van der Waals surface area contributed by atoms with Gasteiger partial charge in [0.05, 0.1) is 0 Å². The number of nitrogens with zero attached hydrogens (tertiary/aromatic N) is 3. The van der Waals surface area contributed by atoms with Crippen molar-refractivity contribution in [2.45, 2.75) is 0 Å². The number of pyridine rings is 3. The van der Waals surface area contributed by atoms with Crippen molar-refractivity contribution in [1.29, 1.82) is 0 Å². The van der Waals surface area contributed by atoms with Crippen LogP contribution in [0.4, 0.5) is 0 Å². The van der Waals surface area contributed by atoms with E-state index in [-0.39, 0.29) is 20.1 Å². The van der Waals surface area contributed by atoms with E-state index in [9.17, 15) is 0 Å². The van der Waals surface area contributed by atoms with Crippen LogP contribution < -0.4 is 0 Å². The molecular formula is C41H27IrN3O-2. The van der Waals surface area contributed by atoms with Crippen LogP contribution in [-0.2, 0) is 20.1 Å². The summed E-state index contributed by atoms with van der Waals surface area (Å²) < 4.78 is 6.07. The molecule has 223 valence electrons. The summed E-state index contributed by atoms with van der Waals surface area (Å²) in [6.07, 6.45) is 5.38. The van der Waals surface area contributed by atoms with E-state index >= 15 is 0 Å². The molecule has 0 aliphatic carbocycles. The maximum atomic E-state index is 6.07. The van der Waals surface area contributed by atoms with Gasteiger partial charge in [-0.2, -0.15) is 0 Å². The Morgan fingerprint density at radius 3 is 1.78 bits per heavy atom. The van der Waals surface area contributed by atoms with E-state index in [1.807, 2.05) is 97.2 Å². The van der Waals surface area contributed by atoms with E-state index in [1.54, 1.807) is 12.4 Å². The third-order valence-corrected chi connectivity index (χ3v) is 7.37. The van der Waals surface area contributed by atoms with Gasteiger partial charge in [-0.25, -0.2) is 0 Å². The first-order valence-electron chi connectivity index (χ1n) is 14.7. The minimum absolute atomic E-state index is 0. The largest absolute Gasteiger partial charge is 0.454 e. The number of hydrogen-bond acceptors (Lipinski definition) is 4. The summed E-state index contributed by atoms with van der Waals surface area (Å²) in [5.74, 6) is 0.765. The molecule has 4 aromatic carbocycles. The average molecular weight is 770 g/mol. The first kappa shape index (κ1) is 30.5. The molecule has 0 aliphatic rings. The summed E-state index contributed by atoms with van der Waals surface area (Å²) in [5, 5.41) is 1.04. The normalized spacial score (nSPS) is 10.4. The predicted molar refractivity (Wildman–Crippen MR) is 181 cm³/mol. The molecule has 0 N–H and O–H groups in total. The fourth-order valence-electron chi connectivity index (χ4n) is 5.18. The van der Waals surface area contributed by atoms with Crippen LogP contribution in [0.15, 0.2) is 169 Å². The zero-order valence-corrected chi connectivity index (χ0v) is 27.1. The molecular weight excluding hydrogens is 743 g/mol. The molecule has 0 saturated heterocycles. The van der Waals surface area contributed by atoms with Crippen LogP contribution in [-0.4, -0.2) is 15.0 Å². The van der Waals surface area contributed by atoms with Gasteiger partial charge in [0.2, 0.25) is 0 Å². The fraction of sp³-hybridized carbons (Fsp3) is 0. The van der Waals surface area contributed by atoms with Crippen molar-refractivity contribution in [1.82, 2.24) is 15.0 Å². The zero-order chi connectivity index (χ0) is 30.3. The zero-order valence-electron chi connectivity index (χ0n) is 24.7. The molecule has 4 nitrogen and oxygen atoms in total. The minimum Gasteiger partial charge on any atom is -0.454 e. The van der Waals surface area contributed by atoms with Gasteiger partial charge in [0.15, 0.2) is 5.76 Å². The molecule has 0 aliphatic heterocycles. The number of fused-ring (bicyclic) bond motifs is 1.